The number of aromatic nitrogens is 2. The molecule has 0 saturated carbocycles. The fourth-order valence-electron chi connectivity index (χ4n) is 2.23. The van der Waals surface area contributed by atoms with Crippen molar-refractivity contribution in [2.75, 3.05) is 6.61 Å². The van der Waals surface area contributed by atoms with Crippen molar-refractivity contribution in [3.05, 3.63) is 18.2 Å². The van der Waals surface area contributed by atoms with Gasteiger partial charge in [-0.25, -0.2) is 4.98 Å². The van der Waals surface area contributed by atoms with Crippen LogP contribution in [0.4, 0.5) is 0 Å². The molecule has 16 heavy (non-hydrogen) atoms. The lowest BCUT2D eigenvalue weighted by molar-refractivity contribution is 0.0775. The lowest BCUT2D eigenvalue weighted by Gasteiger charge is -2.21. The minimum atomic E-state index is 0.162. The molecule has 0 aromatic carbocycles. The highest BCUT2D eigenvalue weighted by Crippen LogP contribution is 2.17. The van der Waals surface area contributed by atoms with Crippen LogP contribution in [0.5, 0.6) is 0 Å². The molecule has 3 N–H and O–H groups in total. The summed E-state index contributed by atoms with van der Waals surface area (Å²) in [5, 5.41) is 0. The van der Waals surface area contributed by atoms with Crippen molar-refractivity contribution in [3.8, 4) is 0 Å². The van der Waals surface area contributed by atoms with E-state index in [4.69, 9.17) is 10.6 Å². The molecular weight excluding hydrogens is 204 g/mol. The van der Waals surface area contributed by atoms with Gasteiger partial charge in [-0.05, 0) is 19.8 Å². The standard InChI is InChI=1S/C11H20N4O/c1-2-15-6-5-13-11(15)8-9(14-12)10-4-3-7-16-10/h5-6,9-10,14H,2-4,7-8,12H2,1H3. The van der Waals surface area contributed by atoms with Gasteiger partial charge < -0.3 is 9.30 Å². The van der Waals surface area contributed by atoms with E-state index < -0.39 is 0 Å². The van der Waals surface area contributed by atoms with Crippen molar-refractivity contribution in [3.63, 3.8) is 0 Å². The molecule has 90 valence electrons. The summed E-state index contributed by atoms with van der Waals surface area (Å²) in [6.45, 7) is 3.91. The number of rotatable bonds is 5. The minimum absolute atomic E-state index is 0.162. The van der Waals surface area contributed by atoms with Gasteiger partial charge >= 0.3 is 0 Å². The number of hydrogen-bond donors (Lipinski definition) is 2. The quantitative estimate of drug-likeness (QED) is 0.563. The Balaban J connectivity index is 2.00. The second-order valence-corrected chi connectivity index (χ2v) is 4.16. The van der Waals surface area contributed by atoms with Crippen molar-refractivity contribution in [2.45, 2.75) is 44.9 Å². The van der Waals surface area contributed by atoms with Crippen LogP contribution in [0.3, 0.4) is 0 Å². The normalized spacial score (nSPS) is 22.5. The predicted octanol–water partition coefficient (Wildman–Crippen LogP) is 0.456. The summed E-state index contributed by atoms with van der Waals surface area (Å²) < 4.78 is 7.79. The maximum Gasteiger partial charge on any atom is 0.110 e. The van der Waals surface area contributed by atoms with Crippen LogP contribution in [0.15, 0.2) is 12.4 Å². The van der Waals surface area contributed by atoms with Gasteiger partial charge in [0.1, 0.15) is 5.82 Å². The van der Waals surface area contributed by atoms with Gasteiger partial charge in [0.2, 0.25) is 0 Å². The molecule has 0 radical (unpaired) electrons. The molecule has 1 aliphatic heterocycles. The summed E-state index contributed by atoms with van der Waals surface area (Å²) in [6.07, 6.45) is 7.10. The Hall–Kier alpha value is -0.910. The maximum atomic E-state index is 5.65. The van der Waals surface area contributed by atoms with Crippen LogP contribution in [0.25, 0.3) is 0 Å². The van der Waals surface area contributed by atoms with Gasteiger partial charge in [-0.2, -0.15) is 0 Å². The molecule has 0 amide bonds. The van der Waals surface area contributed by atoms with Crippen LogP contribution in [0.2, 0.25) is 0 Å². The van der Waals surface area contributed by atoms with Crippen LogP contribution in [0.1, 0.15) is 25.6 Å². The Bertz CT molecular complexity index is 320. The largest absolute Gasteiger partial charge is 0.377 e. The highest BCUT2D eigenvalue weighted by atomic mass is 16.5. The van der Waals surface area contributed by atoms with Crippen molar-refractivity contribution in [1.29, 1.82) is 0 Å². The van der Waals surface area contributed by atoms with Crippen LogP contribution in [-0.4, -0.2) is 28.3 Å². The number of imidazole rings is 1. The van der Waals surface area contributed by atoms with Crippen molar-refractivity contribution in [2.24, 2.45) is 5.84 Å². The molecule has 2 unspecified atom stereocenters. The van der Waals surface area contributed by atoms with E-state index in [0.29, 0.717) is 0 Å². The topological polar surface area (TPSA) is 65.1 Å². The predicted molar refractivity (Wildman–Crippen MR) is 61.7 cm³/mol. The van der Waals surface area contributed by atoms with E-state index in [2.05, 4.69) is 21.9 Å². The number of hydrogen-bond acceptors (Lipinski definition) is 4. The van der Waals surface area contributed by atoms with Crippen LogP contribution in [0, 0.1) is 0 Å². The Labute approximate surface area is 96.0 Å². The first-order valence-electron chi connectivity index (χ1n) is 5.93. The van der Waals surface area contributed by atoms with Crippen LogP contribution < -0.4 is 11.3 Å². The maximum absolute atomic E-state index is 5.65. The van der Waals surface area contributed by atoms with Crippen LogP contribution >= 0.6 is 0 Å². The van der Waals surface area contributed by atoms with E-state index in [1.54, 1.807) is 0 Å². The molecule has 1 aromatic rings. The Morgan fingerprint density at radius 3 is 3.25 bits per heavy atom. The van der Waals surface area contributed by atoms with E-state index in [1.807, 2.05) is 12.4 Å². The Morgan fingerprint density at radius 2 is 2.62 bits per heavy atom. The molecular formula is C11H20N4O. The summed E-state index contributed by atoms with van der Waals surface area (Å²) in [4.78, 5) is 4.36. The Morgan fingerprint density at radius 1 is 1.75 bits per heavy atom. The first-order chi connectivity index (χ1) is 7.85. The van der Waals surface area contributed by atoms with Crippen molar-refractivity contribution >= 4 is 0 Å². The summed E-state index contributed by atoms with van der Waals surface area (Å²) in [5.74, 6) is 6.66. The molecule has 0 spiro atoms. The molecule has 5 nitrogen and oxygen atoms in total. The summed E-state index contributed by atoms with van der Waals surface area (Å²) in [6, 6.07) is 0.162. The average molecular weight is 224 g/mol. The number of hydrazine groups is 1. The smallest absolute Gasteiger partial charge is 0.110 e. The van der Waals surface area contributed by atoms with Crippen LogP contribution in [-0.2, 0) is 17.7 Å². The lowest BCUT2D eigenvalue weighted by atomic mass is 10.1. The fraction of sp³-hybridized carbons (Fsp3) is 0.727. The number of nitrogens with two attached hydrogens (primary N) is 1. The highest BCUT2D eigenvalue weighted by Gasteiger charge is 2.26. The zero-order valence-electron chi connectivity index (χ0n) is 9.72. The third kappa shape index (κ3) is 2.42. The number of aryl methyl sites for hydroxylation is 1. The SMILES string of the molecule is CCn1ccnc1CC(NN)C1CCCO1. The number of nitrogens with one attached hydrogen (secondary N) is 1. The number of nitrogens with zero attached hydrogens (tertiary/aromatic N) is 2. The molecule has 0 aliphatic carbocycles. The van der Waals surface area contributed by atoms with E-state index in [0.717, 1.165) is 38.2 Å². The lowest BCUT2D eigenvalue weighted by Crippen LogP contribution is -2.45. The third-order valence-electron chi connectivity index (χ3n) is 3.17. The second kappa shape index (κ2) is 5.43. The average Bonchev–Trinajstić information content (AvgIpc) is 2.96. The van der Waals surface area contributed by atoms with Gasteiger partial charge in [0, 0.05) is 32.0 Å². The molecule has 0 bridgehead atoms. The molecule has 5 heteroatoms. The first kappa shape index (κ1) is 11.6. The monoisotopic (exact) mass is 224 g/mol. The molecule has 1 fully saturated rings. The number of ether oxygens (including phenoxy) is 1. The molecule has 2 atom stereocenters. The van der Waals surface area contributed by atoms with Crippen molar-refractivity contribution < 1.29 is 4.74 Å². The molecule has 1 saturated heterocycles. The van der Waals surface area contributed by atoms with E-state index >= 15 is 0 Å². The molecule has 1 aliphatic rings. The second-order valence-electron chi connectivity index (χ2n) is 4.16. The third-order valence-corrected chi connectivity index (χ3v) is 3.17. The zero-order valence-corrected chi connectivity index (χ0v) is 9.72. The van der Waals surface area contributed by atoms with Gasteiger partial charge in [-0.3, -0.25) is 11.3 Å². The highest BCUT2D eigenvalue weighted by molar-refractivity contribution is 4.97. The van der Waals surface area contributed by atoms with Gasteiger partial charge in [0.15, 0.2) is 0 Å². The summed E-state index contributed by atoms with van der Waals surface area (Å²) in [7, 11) is 0. The van der Waals surface area contributed by atoms with Gasteiger partial charge in [-0.1, -0.05) is 0 Å². The van der Waals surface area contributed by atoms with Gasteiger partial charge in [0.05, 0.1) is 12.1 Å². The van der Waals surface area contributed by atoms with E-state index in [9.17, 15) is 0 Å². The first-order valence-corrected chi connectivity index (χ1v) is 5.93. The fourth-order valence-corrected chi connectivity index (χ4v) is 2.23. The molecule has 2 rings (SSSR count). The minimum Gasteiger partial charge on any atom is -0.377 e. The zero-order chi connectivity index (χ0) is 11.4. The van der Waals surface area contributed by atoms with E-state index in [1.165, 1.54) is 0 Å². The summed E-state index contributed by atoms with van der Waals surface area (Å²) in [5.41, 5.74) is 2.86. The molecule has 1 aromatic heterocycles. The van der Waals surface area contributed by atoms with Gasteiger partial charge in [0.25, 0.3) is 0 Å². The van der Waals surface area contributed by atoms with Crippen molar-refractivity contribution in [1.82, 2.24) is 15.0 Å². The Kier molecular flexibility index (Phi) is 3.93. The molecule has 2 heterocycles. The van der Waals surface area contributed by atoms with Gasteiger partial charge in [-0.15, -0.1) is 0 Å². The van der Waals surface area contributed by atoms with E-state index in [-0.39, 0.29) is 12.1 Å². The summed E-state index contributed by atoms with van der Waals surface area (Å²) >= 11 is 0.